The number of rotatable bonds is 4. The van der Waals surface area contributed by atoms with Gasteiger partial charge in [0.05, 0.1) is 7.11 Å². The molecule has 25 heavy (non-hydrogen) atoms. The maximum Gasteiger partial charge on any atom is 0.178 e. The first-order chi connectivity index (χ1) is 12.3. The van der Waals surface area contributed by atoms with Crippen LogP contribution in [0.25, 0.3) is 5.65 Å². The van der Waals surface area contributed by atoms with Crippen molar-refractivity contribution in [3.05, 3.63) is 42.2 Å². The van der Waals surface area contributed by atoms with Crippen LogP contribution in [0.1, 0.15) is 12.7 Å². The van der Waals surface area contributed by atoms with Crippen LogP contribution in [0.5, 0.6) is 5.75 Å². The Labute approximate surface area is 146 Å². The van der Waals surface area contributed by atoms with Crippen molar-refractivity contribution < 1.29 is 4.74 Å². The van der Waals surface area contributed by atoms with Crippen LogP contribution in [0.15, 0.2) is 36.4 Å². The molecule has 4 rings (SSSR count). The summed E-state index contributed by atoms with van der Waals surface area (Å²) in [5.74, 6) is 2.77. The molecule has 0 bridgehead atoms. The molecular weight excluding hydrogens is 316 g/mol. The van der Waals surface area contributed by atoms with Gasteiger partial charge in [0, 0.05) is 38.3 Å². The van der Waals surface area contributed by atoms with Crippen molar-refractivity contribution in [1.29, 1.82) is 0 Å². The fourth-order valence-corrected chi connectivity index (χ4v) is 3.20. The van der Waals surface area contributed by atoms with Crippen molar-refractivity contribution in [3.63, 3.8) is 0 Å². The molecule has 1 fully saturated rings. The molecule has 1 aliphatic rings. The number of hydrogen-bond donors (Lipinski definition) is 0. The molecule has 0 radical (unpaired) electrons. The molecule has 0 aliphatic carbocycles. The van der Waals surface area contributed by atoms with E-state index in [4.69, 9.17) is 9.84 Å². The second kappa shape index (κ2) is 6.58. The van der Waals surface area contributed by atoms with Gasteiger partial charge >= 0.3 is 0 Å². The van der Waals surface area contributed by atoms with Crippen molar-refractivity contribution in [3.8, 4) is 5.75 Å². The standard InChI is InChI=1S/C18H22N6O/c1-3-16-19-20-17-8-9-18(21-24(16)17)23-12-10-22(11-13-23)14-4-6-15(25-2)7-5-14/h4-9H,3,10-13H2,1-2H3. The van der Waals surface area contributed by atoms with Gasteiger partial charge in [-0.1, -0.05) is 6.92 Å². The number of hydrogen-bond acceptors (Lipinski definition) is 6. The van der Waals surface area contributed by atoms with Gasteiger partial charge in [-0.2, -0.15) is 4.52 Å². The van der Waals surface area contributed by atoms with Crippen molar-refractivity contribution in [2.45, 2.75) is 13.3 Å². The SMILES string of the molecule is CCc1nnc2ccc(N3CCN(c4ccc(OC)cc4)CC3)nn12. The van der Waals surface area contributed by atoms with E-state index in [1.54, 1.807) is 7.11 Å². The summed E-state index contributed by atoms with van der Waals surface area (Å²) in [5, 5.41) is 13.1. The molecule has 7 nitrogen and oxygen atoms in total. The van der Waals surface area contributed by atoms with Crippen LogP contribution in [0.2, 0.25) is 0 Å². The molecule has 0 spiro atoms. The Balaban J connectivity index is 1.47. The van der Waals surface area contributed by atoms with E-state index in [2.05, 4.69) is 39.1 Å². The third kappa shape index (κ3) is 2.97. The lowest BCUT2D eigenvalue weighted by atomic mass is 10.2. The lowest BCUT2D eigenvalue weighted by molar-refractivity contribution is 0.415. The first kappa shape index (κ1) is 15.7. The van der Waals surface area contributed by atoms with E-state index < -0.39 is 0 Å². The normalized spacial score (nSPS) is 15.0. The van der Waals surface area contributed by atoms with Gasteiger partial charge in [0.2, 0.25) is 0 Å². The highest BCUT2D eigenvalue weighted by Gasteiger charge is 2.19. The molecule has 0 unspecified atom stereocenters. The van der Waals surface area contributed by atoms with E-state index in [1.165, 1.54) is 5.69 Å². The van der Waals surface area contributed by atoms with Gasteiger partial charge < -0.3 is 14.5 Å². The zero-order valence-corrected chi connectivity index (χ0v) is 14.6. The Morgan fingerprint density at radius 1 is 0.920 bits per heavy atom. The zero-order chi connectivity index (χ0) is 17.2. The molecule has 1 aliphatic heterocycles. The summed E-state index contributed by atoms with van der Waals surface area (Å²) >= 11 is 0. The van der Waals surface area contributed by atoms with Crippen LogP contribution in [0.3, 0.4) is 0 Å². The molecule has 0 amide bonds. The van der Waals surface area contributed by atoms with Crippen molar-refractivity contribution in [1.82, 2.24) is 19.8 Å². The van der Waals surface area contributed by atoms with Gasteiger partial charge in [0.1, 0.15) is 11.6 Å². The minimum Gasteiger partial charge on any atom is -0.497 e. The number of aromatic nitrogens is 4. The zero-order valence-electron chi connectivity index (χ0n) is 14.6. The number of benzene rings is 1. The molecule has 1 aromatic carbocycles. The van der Waals surface area contributed by atoms with Crippen molar-refractivity contribution >= 4 is 17.2 Å². The van der Waals surface area contributed by atoms with Crippen LogP contribution in [-0.4, -0.2) is 53.1 Å². The van der Waals surface area contributed by atoms with E-state index in [9.17, 15) is 0 Å². The van der Waals surface area contributed by atoms with E-state index >= 15 is 0 Å². The molecule has 1 saturated heterocycles. The first-order valence-electron chi connectivity index (χ1n) is 8.64. The average Bonchev–Trinajstić information content (AvgIpc) is 3.10. The Kier molecular flexibility index (Phi) is 4.13. The van der Waals surface area contributed by atoms with E-state index in [1.807, 2.05) is 28.8 Å². The van der Waals surface area contributed by atoms with Crippen LogP contribution >= 0.6 is 0 Å². The smallest absolute Gasteiger partial charge is 0.178 e. The highest BCUT2D eigenvalue weighted by molar-refractivity contribution is 5.52. The summed E-state index contributed by atoms with van der Waals surface area (Å²) < 4.78 is 7.08. The molecule has 2 aromatic heterocycles. The maximum absolute atomic E-state index is 5.23. The van der Waals surface area contributed by atoms with Gasteiger partial charge in [0.25, 0.3) is 0 Å². The fraction of sp³-hybridized carbons (Fsp3) is 0.389. The van der Waals surface area contributed by atoms with Gasteiger partial charge in [-0.15, -0.1) is 15.3 Å². The molecular formula is C18H22N6O. The summed E-state index contributed by atoms with van der Waals surface area (Å²) in [5.41, 5.74) is 2.04. The quantitative estimate of drug-likeness (QED) is 0.725. The summed E-state index contributed by atoms with van der Waals surface area (Å²) in [6.45, 7) is 5.88. The Morgan fingerprint density at radius 2 is 1.64 bits per heavy atom. The van der Waals surface area contributed by atoms with Gasteiger partial charge in [-0.3, -0.25) is 0 Å². The predicted octanol–water partition coefficient (Wildman–Crippen LogP) is 2.02. The minimum absolute atomic E-state index is 0.803. The van der Waals surface area contributed by atoms with E-state index in [-0.39, 0.29) is 0 Å². The van der Waals surface area contributed by atoms with Crippen LogP contribution in [0, 0.1) is 0 Å². The summed E-state index contributed by atoms with van der Waals surface area (Å²) in [7, 11) is 1.69. The third-order valence-corrected chi connectivity index (χ3v) is 4.67. The first-order valence-corrected chi connectivity index (χ1v) is 8.64. The number of aryl methyl sites for hydroxylation is 1. The van der Waals surface area contributed by atoms with Gasteiger partial charge in [0.15, 0.2) is 11.5 Å². The lowest BCUT2D eigenvalue weighted by Crippen LogP contribution is -2.47. The molecule has 3 aromatic rings. The second-order valence-corrected chi connectivity index (χ2v) is 6.10. The molecule has 0 N–H and O–H groups in total. The lowest BCUT2D eigenvalue weighted by Gasteiger charge is -2.36. The maximum atomic E-state index is 5.23. The van der Waals surface area contributed by atoms with Crippen LogP contribution in [0.4, 0.5) is 11.5 Å². The highest BCUT2D eigenvalue weighted by atomic mass is 16.5. The monoisotopic (exact) mass is 338 g/mol. The number of methoxy groups -OCH3 is 1. The summed E-state index contributed by atoms with van der Waals surface area (Å²) in [4.78, 5) is 4.71. The van der Waals surface area contributed by atoms with Crippen LogP contribution < -0.4 is 14.5 Å². The van der Waals surface area contributed by atoms with E-state index in [0.29, 0.717) is 0 Å². The molecule has 3 heterocycles. The summed E-state index contributed by atoms with van der Waals surface area (Å²) in [6, 6.07) is 12.3. The van der Waals surface area contributed by atoms with Gasteiger partial charge in [-0.25, -0.2) is 0 Å². The number of fused-ring (bicyclic) bond motifs is 1. The highest BCUT2D eigenvalue weighted by Crippen LogP contribution is 2.22. The number of anilines is 2. The van der Waals surface area contributed by atoms with Crippen LogP contribution in [-0.2, 0) is 6.42 Å². The van der Waals surface area contributed by atoms with Crippen molar-refractivity contribution in [2.24, 2.45) is 0 Å². The van der Waals surface area contributed by atoms with Crippen molar-refractivity contribution in [2.75, 3.05) is 43.1 Å². The molecule has 130 valence electrons. The molecule has 7 heteroatoms. The summed E-state index contributed by atoms with van der Waals surface area (Å²) in [6.07, 6.45) is 0.822. The minimum atomic E-state index is 0.803. The second-order valence-electron chi connectivity index (χ2n) is 6.10. The largest absolute Gasteiger partial charge is 0.497 e. The topological polar surface area (TPSA) is 58.8 Å². The molecule has 0 atom stereocenters. The number of ether oxygens (including phenoxy) is 1. The average molecular weight is 338 g/mol. The predicted molar refractivity (Wildman–Crippen MR) is 97.6 cm³/mol. The van der Waals surface area contributed by atoms with E-state index in [0.717, 1.165) is 55.6 Å². The Morgan fingerprint density at radius 3 is 2.32 bits per heavy atom. The molecule has 0 saturated carbocycles. The third-order valence-electron chi connectivity index (χ3n) is 4.67. The van der Waals surface area contributed by atoms with Gasteiger partial charge in [-0.05, 0) is 36.4 Å². The Bertz CT molecular complexity index is 852. The number of piperazine rings is 1. The fourth-order valence-electron chi connectivity index (χ4n) is 3.20. The Hall–Kier alpha value is -2.83. The number of nitrogens with zero attached hydrogens (tertiary/aromatic N) is 6.